The predicted molar refractivity (Wildman–Crippen MR) is 91.0 cm³/mol. The lowest BCUT2D eigenvalue weighted by Crippen LogP contribution is -2.20. The average Bonchev–Trinajstić information content (AvgIpc) is 2.45. The molecule has 0 radical (unpaired) electrons. The van der Waals surface area contributed by atoms with Gasteiger partial charge in [0.15, 0.2) is 0 Å². The van der Waals surface area contributed by atoms with Crippen molar-refractivity contribution in [1.82, 2.24) is 0 Å². The summed E-state index contributed by atoms with van der Waals surface area (Å²) in [7, 11) is 0. The van der Waals surface area contributed by atoms with Crippen molar-refractivity contribution < 1.29 is 14.3 Å². The van der Waals surface area contributed by atoms with Crippen LogP contribution in [0.1, 0.15) is 47.0 Å². The number of benzene rings is 1. The van der Waals surface area contributed by atoms with Gasteiger partial charge >= 0.3 is 0 Å². The lowest BCUT2D eigenvalue weighted by atomic mass is 9.92. The van der Waals surface area contributed by atoms with E-state index >= 15 is 0 Å². The van der Waals surface area contributed by atoms with Crippen molar-refractivity contribution in [2.75, 3.05) is 13.2 Å². The SMILES string of the molecule is CCCCOc1cc(OC[C@H](CC(C)=O)C(C)C)ccc1Cl. The normalized spacial score (nSPS) is 12.3. The Morgan fingerprint density at radius 3 is 2.59 bits per heavy atom. The Labute approximate surface area is 139 Å². The number of hydrogen-bond donors (Lipinski definition) is 0. The molecule has 124 valence electrons. The van der Waals surface area contributed by atoms with Crippen molar-refractivity contribution in [1.29, 1.82) is 0 Å². The van der Waals surface area contributed by atoms with Crippen LogP contribution in [0.4, 0.5) is 0 Å². The summed E-state index contributed by atoms with van der Waals surface area (Å²) in [6.07, 6.45) is 2.62. The zero-order valence-corrected chi connectivity index (χ0v) is 14.8. The lowest BCUT2D eigenvalue weighted by molar-refractivity contribution is -0.118. The Hall–Kier alpha value is -1.22. The van der Waals surface area contributed by atoms with E-state index in [1.54, 1.807) is 13.0 Å². The van der Waals surface area contributed by atoms with Crippen LogP contribution in [-0.4, -0.2) is 19.0 Å². The number of carbonyl (C=O) groups excluding carboxylic acids is 1. The van der Waals surface area contributed by atoms with Crippen LogP contribution in [0.2, 0.25) is 5.02 Å². The number of hydrogen-bond acceptors (Lipinski definition) is 3. The number of ether oxygens (including phenoxy) is 2. The number of carbonyl (C=O) groups is 1. The van der Waals surface area contributed by atoms with Gasteiger partial charge in [0, 0.05) is 18.4 Å². The summed E-state index contributed by atoms with van der Waals surface area (Å²) >= 11 is 6.13. The third kappa shape index (κ3) is 6.69. The molecule has 0 aromatic heterocycles. The molecule has 0 heterocycles. The molecule has 0 N–H and O–H groups in total. The first-order valence-corrected chi connectivity index (χ1v) is 8.36. The Balaban J connectivity index is 2.64. The zero-order chi connectivity index (χ0) is 16.5. The summed E-state index contributed by atoms with van der Waals surface area (Å²) in [5.74, 6) is 2.20. The molecule has 0 aliphatic carbocycles. The van der Waals surface area contributed by atoms with Crippen molar-refractivity contribution >= 4 is 17.4 Å². The van der Waals surface area contributed by atoms with Crippen LogP contribution < -0.4 is 9.47 Å². The van der Waals surface area contributed by atoms with E-state index in [0.717, 1.165) is 18.6 Å². The maximum absolute atomic E-state index is 11.3. The summed E-state index contributed by atoms with van der Waals surface area (Å²) in [4.78, 5) is 11.3. The molecule has 1 rings (SSSR count). The number of unbranched alkanes of at least 4 members (excludes halogenated alkanes) is 1. The monoisotopic (exact) mass is 326 g/mol. The van der Waals surface area contributed by atoms with Gasteiger partial charge in [-0.15, -0.1) is 0 Å². The fourth-order valence-corrected chi connectivity index (χ4v) is 2.24. The minimum absolute atomic E-state index is 0.196. The van der Waals surface area contributed by atoms with Gasteiger partial charge in [0.1, 0.15) is 17.3 Å². The van der Waals surface area contributed by atoms with Gasteiger partial charge in [0.05, 0.1) is 18.2 Å². The van der Waals surface area contributed by atoms with Gasteiger partial charge in [-0.3, -0.25) is 0 Å². The molecule has 0 saturated carbocycles. The summed E-state index contributed by atoms with van der Waals surface area (Å²) in [6.45, 7) is 9.13. The molecular weight excluding hydrogens is 300 g/mol. The highest BCUT2D eigenvalue weighted by molar-refractivity contribution is 6.32. The van der Waals surface area contributed by atoms with Crippen molar-refractivity contribution in [2.24, 2.45) is 11.8 Å². The Bertz CT molecular complexity index is 471. The first-order valence-electron chi connectivity index (χ1n) is 7.98. The van der Waals surface area contributed by atoms with Crippen LogP contribution in [0.3, 0.4) is 0 Å². The fourth-order valence-electron chi connectivity index (χ4n) is 2.07. The van der Waals surface area contributed by atoms with E-state index < -0.39 is 0 Å². The summed E-state index contributed by atoms with van der Waals surface area (Å²) < 4.78 is 11.5. The number of halogens is 1. The minimum Gasteiger partial charge on any atom is -0.493 e. The molecule has 0 aliphatic rings. The van der Waals surface area contributed by atoms with Crippen LogP contribution in [0.15, 0.2) is 18.2 Å². The molecular formula is C18H27ClO3. The van der Waals surface area contributed by atoms with E-state index in [9.17, 15) is 4.79 Å². The Kier molecular flexibility index (Phi) is 8.32. The van der Waals surface area contributed by atoms with Gasteiger partial charge in [-0.05, 0) is 31.4 Å². The van der Waals surface area contributed by atoms with Gasteiger partial charge in [-0.2, -0.15) is 0 Å². The molecule has 4 heteroatoms. The van der Waals surface area contributed by atoms with Gasteiger partial charge in [0.25, 0.3) is 0 Å². The maximum Gasteiger partial charge on any atom is 0.141 e. The van der Waals surface area contributed by atoms with E-state index in [0.29, 0.717) is 36.3 Å². The average molecular weight is 327 g/mol. The third-order valence-electron chi connectivity index (χ3n) is 3.61. The molecule has 1 aromatic rings. The largest absolute Gasteiger partial charge is 0.493 e. The van der Waals surface area contributed by atoms with Crippen LogP contribution in [0.5, 0.6) is 11.5 Å². The first kappa shape index (κ1) is 18.8. The highest BCUT2D eigenvalue weighted by Gasteiger charge is 2.17. The summed E-state index contributed by atoms with van der Waals surface area (Å²) in [5, 5.41) is 0.590. The van der Waals surface area contributed by atoms with Crippen molar-refractivity contribution in [3.05, 3.63) is 23.2 Å². The second-order valence-corrected chi connectivity index (χ2v) is 6.42. The molecule has 0 fully saturated rings. The van der Waals surface area contributed by atoms with E-state index in [1.807, 2.05) is 12.1 Å². The van der Waals surface area contributed by atoms with E-state index in [1.165, 1.54) is 0 Å². The summed E-state index contributed by atoms with van der Waals surface area (Å²) in [5.41, 5.74) is 0. The summed E-state index contributed by atoms with van der Waals surface area (Å²) in [6, 6.07) is 5.44. The minimum atomic E-state index is 0.196. The molecule has 0 aliphatic heterocycles. The van der Waals surface area contributed by atoms with E-state index in [2.05, 4.69) is 20.8 Å². The highest BCUT2D eigenvalue weighted by Crippen LogP contribution is 2.30. The molecule has 1 aromatic carbocycles. The zero-order valence-electron chi connectivity index (χ0n) is 14.0. The van der Waals surface area contributed by atoms with Gasteiger partial charge in [0.2, 0.25) is 0 Å². The standard InChI is InChI=1S/C18H27ClO3/c1-5-6-9-21-18-11-16(7-8-17(18)19)22-12-15(13(2)3)10-14(4)20/h7-8,11,13,15H,5-6,9-10,12H2,1-4H3/t15-/m0/s1. The fraction of sp³-hybridized carbons (Fsp3) is 0.611. The number of ketones is 1. The molecule has 0 saturated heterocycles. The van der Waals surface area contributed by atoms with Crippen LogP contribution in [0.25, 0.3) is 0 Å². The highest BCUT2D eigenvalue weighted by atomic mass is 35.5. The third-order valence-corrected chi connectivity index (χ3v) is 3.93. The lowest BCUT2D eigenvalue weighted by Gasteiger charge is -2.20. The van der Waals surface area contributed by atoms with Crippen molar-refractivity contribution in [3.8, 4) is 11.5 Å². The molecule has 0 bridgehead atoms. The van der Waals surface area contributed by atoms with Crippen LogP contribution in [-0.2, 0) is 4.79 Å². The van der Waals surface area contributed by atoms with Gasteiger partial charge < -0.3 is 14.3 Å². The Morgan fingerprint density at radius 1 is 1.27 bits per heavy atom. The van der Waals surface area contributed by atoms with Crippen LogP contribution in [0, 0.1) is 11.8 Å². The van der Waals surface area contributed by atoms with Crippen molar-refractivity contribution in [3.63, 3.8) is 0 Å². The number of rotatable bonds is 10. The van der Waals surface area contributed by atoms with Gasteiger partial charge in [-0.25, -0.2) is 0 Å². The Morgan fingerprint density at radius 2 is 2.00 bits per heavy atom. The topological polar surface area (TPSA) is 35.5 Å². The van der Waals surface area contributed by atoms with E-state index in [4.69, 9.17) is 21.1 Å². The van der Waals surface area contributed by atoms with Crippen molar-refractivity contribution in [2.45, 2.75) is 47.0 Å². The second-order valence-electron chi connectivity index (χ2n) is 6.02. The van der Waals surface area contributed by atoms with Gasteiger partial charge in [-0.1, -0.05) is 38.8 Å². The quantitative estimate of drug-likeness (QED) is 0.558. The molecule has 22 heavy (non-hydrogen) atoms. The molecule has 0 unspecified atom stereocenters. The molecule has 0 amide bonds. The molecule has 0 spiro atoms. The predicted octanol–water partition coefficient (Wildman–Crippen LogP) is 5.15. The molecule has 3 nitrogen and oxygen atoms in total. The molecule has 1 atom stereocenters. The van der Waals surface area contributed by atoms with Crippen LogP contribution >= 0.6 is 11.6 Å². The smallest absolute Gasteiger partial charge is 0.141 e. The first-order chi connectivity index (χ1) is 10.4. The maximum atomic E-state index is 11.3. The van der Waals surface area contributed by atoms with E-state index in [-0.39, 0.29) is 11.7 Å². The second kappa shape index (κ2) is 9.73. The number of Topliss-reactive ketones (excluding diaryl/α,β-unsaturated/α-hetero) is 1.